The summed E-state index contributed by atoms with van der Waals surface area (Å²) in [4.78, 5) is 12.4. The van der Waals surface area contributed by atoms with Crippen LogP contribution in [0.3, 0.4) is 0 Å². The van der Waals surface area contributed by atoms with Gasteiger partial charge in [-0.15, -0.1) is 10.2 Å². The molecule has 2 heterocycles. The zero-order chi connectivity index (χ0) is 27.2. The maximum Gasteiger partial charge on any atom is 0.310 e. The fourth-order valence-corrected chi connectivity index (χ4v) is 5.14. The van der Waals surface area contributed by atoms with Crippen molar-refractivity contribution in [2.75, 3.05) is 0 Å². The average Bonchev–Trinajstić information content (AvgIpc) is 3.20. The number of nitrogens with zero attached hydrogens (tertiary/aromatic N) is 3. The number of aromatic nitrogens is 3. The van der Waals surface area contributed by atoms with Crippen LogP contribution in [0.4, 0.5) is 8.78 Å². The highest BCUT2D eigenvalue weighted by molar-refractivity contribution is 6.74. The number of carboxylic acids is 1. The Labute approximate surface area is 212 Å². The van der Waals surface area contributed by atoms with Crippen molar-refractivity contribution < 1.29 is 23.1 Å². The second-order valence-electron chi connectivity index (χ2n) is 11.6. The molecule has 196 valence electrons. The van der Waals surface area contributed by atoms with Crippen molar-refractivity contribution in [2.45, 2.75) is 85.5 Å². The Morgan fingerprint density at radius 1 is 1.11 bits per heavy atom. The Morgan fingerprint density at radius 3 is 2.31 bits per heavy atom. The van der Waals surface area contributed by atoms with E-state index in [2.05, 4.69) is 44.1 Å². The Balaban J connectivity index is 2.14. The summed E-state index contributed by atoms with van der Waals surface area (Å²) < 4.78 is 34.5. The Morgan fingerprint density at radius 2 is 1.75 bits per heavy atom. The van der Waals surface area contributed by atoms with Gasteiger partial charge in [0.2, 0.25) is 5.82 Å². The Bertz CT molecular complexity index is 1280. The monoisotopic (exact) mass is 517 g/mol. The van der Waals surface area contributed by atoms with Crippen LogP contribution in [0.25, 0.3) is 5.65 Å². The van der Waals surface area contributed by atoms with Crippen LogP contribution in [0.2, 0.25) is 18.1 Å². The van der Waals surface area contributed by atoms with E-state index in [-0.39, 0.29) is 5.04 Å². The minimum atomic E-state index is -2.77. The second-order valence-corrected chi connectivity index (χ2v) is 16.5. The van der Waals surface area contributed by atoms with Gasteiger partial charge in [0.15, 0.2) is 14.0 Å². The third-order valence-corrected chi connectivity index (χ3v) is 12.3. The summed E-state index contributed by atoms with van der Waals surface area (Å²) in [6.07, 6.45) is -1.27. The number of carboxylic acid groups (broad SMARTS) is 1. The molecule has 1 unspecified atom stereocenters. The van der Waals surface area contributed by atoms with Crippen molar-refractivity contribution in [3.63, 3.8) is 0 Å². The predicted molar refractivity (Wildman–Crippen MR) is 139 cm³/mol. The molecule has 0 aliphatic carbocycles. The zero-order valence-electron chi connectivity index (χ0n) is 22.6. The van der Waals surface area contributed by atoms with Crippen molar-refractivity contribution in [2.24, 2.45) is 5.41 Å². The fourth-order valence-electron chi connectivity index (χ4n) is 4.19. The maximum absolute atomic E-state index is 13.4. The summed E-state index contributed by atoms with van der Waals surface area (Å²) in [5.74, 6) is -1.95. The molecule has 6 nitrogen and oxygen atoms in total. The van der Waals surface area contributed by atoms with Gasteiger partial charge in [-0.05, 0) is 79.7 Å². The molecular weight excluding hydrogens is 480 g/mol. The van der Waals surface area contributed by atoms with Gasteiger partial charge in [0.25, 0.3) is 6.43 Å². The number of pyridine rings is 1. The molecule has 1 atom stereocenters. The van der Waals surface area contributed by atoms with Gasteiger partial charge in [-0.1, -0.05) is 39.0 Å². The first-order valence-electron chi connectivity index (χ1n) is 12.1. The molecule has 0 bridgehead atoms. The number of aryl methyl sites for hydroxylation is 2. The number of benzene rings is 1. The normalized spacial score (nSPS) is 14.0. The van der Waals surface area contributed by atoms with Crippen molar-refractivity contribution in [3.8, 4) is 0 Å². The highest BCUT2D eigenvalue weighted by Crippen LogP contribution is 2.44. The van der Waals surface area contributed by atoms with Gasteiger partial charge >= 0.3 is 5.97 Å². The molecule has 0 saturated heterocycles. The summed E-state index contributed by atoms with van der Waals surface area (Å²) in [6.45, 7) is 18.6. The smallest absolute Gasteiger partial charge is 0.310 e. The predicted octanol–water partition coefficient (Wildman–Crippen LogP) is 7.05. The van der Waals surface area contributed by atoms with E-state index in [0.717, 1.165) is 16.7 Å². The molecule has 0 radical (unpaired) electrons. The molecule has 0 aliphatic heterocycles. The van der Waals surface area contributed by atoms with Crippen molar-refractivity contribution >= 4 is 19.9 Å². The molecule has 0 amide bonds. The van der Waals surface area contributed by atoms with Crippen LogP contribution in [-0.2, 0) is 15.8 Å². The third-order valence-electron chi connectivity index (χ3n) is 7.77. The SMILES string of the molecule is Cc1ccc(C(c2ccn3c(C(F)F)nnc3c2C)C(C)(C)C(=O)O)cc1CO[Si](C)(C)C(C)(C)C. The van der Waals surface area contributed by atoms with Crippen LogP contribution >= 0.6 is 0 Å². The van der Waals surface area contributed by atoms with Crippen molar-refractivity contribution in [1.29, 1.82) is 0 Å². The highest BCUT2D eigenvalue weighted by atomic mass is 28.4. The minimum Gasteiger partial charge on any atom is -0.481 e. The quantitative estimate of drug-likeness (QED) is 0.324. The molecule has 2 aromatic heterocycles. The molecule has 0 spiro atoms. The topological polar surface area (TPSA) is 76.7 Å². The number of alkyl halides is 2. The summed E-state index contributed by atoms with van der Waals surface area (Å²) in [6, 6.07) is 7.66. The molecule has 0 aliphatic rings. The molecule has 3 aromatic rings. The van der Waals surface area contributed by atoms with Gasteiger partial charge in [-0.2, -0.15) is 0 Å². The summed E-state index contributed by atoms with van der Waals surface area (Å²) >= 11 is 0. The zero-order valence-corrected chi connectivity index (χ0v) is 23.6. The van der Waals surface area contributed by atoms with E-state index >= 15 is 0 Å². The number of aliphatic carboxylic acids is 1. The van der Waals surface area contributed by atoms with Gasteiger partial charge < -0.3 is 9.53 Å². The first-order chi connectivity index (χ1) is 16.5. The fraction of sp³-hybridized carbons (Fsp3) is 0.519. The van der Waals surface area contributed by atoms with Gasteiger partial charge in [0.05, 0.1) is 12.0 Å². The first kappa shape index (κ1) is 27.9. The molecule has 3 rings (SSSR count). The molecule has 36 heavy (non-hydrogen) atoms. The lowest BCUT2D eigenvalue weighted by molar-refractivity contribution is -0.147. The minimum absolute atomic E-state index is 0.0637. The summed E-state index contributed by atoms with van der Waals surface area (Å²) in [7, 11) is -1.99. The van der Waals surface area contributed by atoms with Crippen LogP contribution in [0, 0.1) is 19.3 Å². The third kappa shape index (κ3) is 5.09. The van der Waals surface area contributed by atoms with Crippen LogP contribution in [0.5, 0.6) is 0 Å². The molecular formula is C27H37F2N3O3Si. The van der Waals surface area contributed by atoms with Gasteiger partial charge in [0, 0.05) is 12.1 Å². The van der Waals surface area contributed by atoms with Gasteiger partial charge in [-0.25, -0.2) is 8.78 Å². The number of hydrogen-bond donors (Lipinski definition) is 1. The van der Waals surface area contributed by atoms with Crippen LogP contribution in [0.1, 0.15) is 80.6 Å². The number of halogens is 2. The van der Waals surface area contributed by atoms with Crippen molar-refractivity contribution in [3.05, 3.63) is 64.1 Å². The number of hydrogen-bond acceptors (Lipinski definition) is 4. The Hall–Kier alpha value is -2.65. The van der Waals surface area contributed by atoms with Crippen molar-refractivity contribution in [1.82, 2.24) is 14.6 Å². The van der Waals surface area contributed by atoms with E-state index in [4.69, 9.17) is 4.43 Å². The van der Waals surface area contributed by atoms with E-state index in [1.165, 1.54) is 10.6 Å². The maximum atomic E-state index is 13.4. The van der Waals surface area contributed by atoms with E-state index in [0.29, 0.717) is 23.4 Å². The van der Waals surface area contributed by atoms with Crippen LogP contribution in [0.15, 0.2) is 30.5 Å². The lowest BCUT2D eigenvalue weighted by atomic mass is 9.70. The van der Waals surface area contributed by atoms with Crippen LogP contribution < -0.4 is 0 Å². The van der Waals surface area contributed by atoms with Gasteiger partial charge in [-0.3, -0.25) is 9.20 Å². The summed E-state index contributed by atoms with van der Waals surface area (Å²) in [5, 5.41) is 17.9. The largest absolute Gasteiger partial charge is 0.481 e. The number of carbonyl (C=O) groups is 1. The Kier molecular flexibility index (Phi) is 7.50. The number of fused-ring (bicyclic) bond motifs is 1. The standard InChI is InChI=1S/C27H37F2N3O3Si/c1-16-10-11-18(14-19(16)15-35-36(8,9)26(3,4)5)21(27(6,7)25(33)34)20-12-13-32-23(17(20)2)30-31-24(32)22(28)29/h10-14,21-22H,15H2,1-9H3,(H,33,34). The molecule has 9 heteroatoms. The lowest BCUT2D eigenvalue weighted by Gasteiger charge is -2.36. The van der Waals surface area contributed by atoms with E-state index in [1.807, 2.05) is 25.1 Å². The molecule has 1 aromatic carbocycles. The van der Waals surface area contributed by atoms with Crippen LogP contribution in [-0.4, -0.2) is 34.0 Å². The molecule has 1 N–H and O–H groups in total. The second kappa shape index (κ2) is 9.66. The number of rotatable bonds is 8. The van der Waals surface area contributed by atoms with Gasteiger partial charge in [0.1, 0.15) is 0 Å². The highest BCUT2D eigenvalue weighted by Gasteiger charge is 2.41. The lowest BCUT2D eigenvalue weighted by Crippen LogP contribution is -2.40. The van der Waals surface area contributed by atoms with E-state index in [1.54, 1.807) is 26.8 Å². The van der Waals surface area contributed by atoms with E-state index in [9.17, 15) is 18.7 Å². The first-order valence-corrected chi connectivity index (χ1v) is 15.0. The molecule has 0 saturated carbocycles. The average molecular weight is 518 g/mol. The summed E-state index contributed by atoms with van der Waals surface area (Å²) in [5.41, 5.74) is 3.33. The van der Waals surface area contributed by atoms with E-state index < -0.39 is 37.9 Å². The molecule has 0 fully saturated rings.